The Bertz CT molecular complexity index is 637. The van der Waals surface area contributed by atoms with Crippen LogP contribution >= 0.6 is 15.9 Å². The fraction of sp³-hybridized carbons (Fsp3) is 0.143. The number of carbonyl (C=O) groups is 2. The van der Waals surface area contributed by atoms with E-state index in [0.717, 1.165) is 0 Å². The SMILES string of the molecule is O=C(NCCO)c1ccc(NC(=O)c2ccoc2Br)cc1. The van der Waals surface area contributed by atoms with Crippen LogP contribution in [0, 0.1) is 0 Å². The van der Waals surface area contributed by atoms with Gasteiger partial charge in [-0.25, -0.2) is 0 Å². The van der Waals surface area contributed by atoms with Crippen molar-refractivity contribution < 1.29 is 19.1 Å². The van der Waals surface area contributed by atoms with Gasteiger partial charge in [0.1, 0.15) is 0 Å². The average Bonchev–Trinajstić information content (AvgIpc) is 2.91. The molecule has 0 fully saturated rings. The predicted octanol–water partition coefficient (Wildman–Crippen LogP) is 2.02. The molecule has 3 N–H and O–H groups in total. The summed E-state index contributed by atoms with van der Waals surface area (Å²) in [5, 5.41) is 13.9. The molecule has 0 saturated carbocycles. The van der Waals surface area contributed by atoms with Crippen molar-refractivity contribution >= 4 is 33.4 Å². The van der Waals surface area contributed by atoms with Crippen LogP contribution in [0.15, 0.2) is 45.7 Å². The topological polar surface area (TPSA) is 91.6 Å². The zero-order valence-electron chi connectivity index (χ0n) is 10.9. The fourth-order valence-electron chi connectivity index (χ4n) is 1.63. The van der Waals surface area contributed by atoms with Gasteiger partial charge in [-0.1, -0.05) is 0 Å². The number of amides is 2. The van der Waals surface area contributed by atoms with Crippen LogP contribution in [0.3, 0.4) is 0 Å². The van der Waals surface area contributed by atoms with Crippen molar-refractivity contribution in [3.8, 4) is 0 Å². The number of carbonyl (C=O) groups excluding carboxylic acids is 2. The second-order valence-electron chi connectivity index (χ2n) is 4.12. The molecule has 0 aliphatic carbocycles. The van der Waals surface area contributed by atoms with Crippen molar-refractivity contribution in [1.29, 1.82) is 0 Å². The zero-order chi connectivity index (χ0) is 15.2. The van der Waals surface area contributed by atoms with Crippen molar-refractivity contribution in [2.24, 2.45) is 0 Å². The lowest BCUT2D eigenvalue weighted by Crippen LogP contribution is -2.26. The van der Waals surface area contributed by atoms with Gasteiger partial charge in [-0.15, -0.1) is 0 Å². The minimum Gasteiger partial charge on any atom is -0.457 e. The van der Waals surface area contributed by atoms with Gasteiger partial charge in [-0.2, -0.15) is 0 Å². The number of anilines is 1. The van der Waals surface area contributed by atoms with E-state index < -0.39 is 0 Å². The lowest BCUT2D eigenvalue weighted by atomic mass is 10.2. The van der Waals surface area contributed by atoms with E-state index in [1.165, 1.54) is 6.26 Å². The molecule has 110 valence electrons. The molecule has 2 aromatic rings. The summed E-state index contributed by atoms with van der Waals surface area (Å²) < 4.78 is 5.36. The van der Waals surface area contributed by atoms with E-state index in [1.54, 1.807) is 30.3 Å². The third-order valence-electron chi connectivity index (χ3n) is 2.66. The van der Waals surface area contributed by atoms with Crippen molar-refractivity contribution in [2.75, 3.05) is 18.5 Å². The minimum atomic E-state index is -0.312. The number of halogens is 1. The number of hydrogen-bond acceptors (Lipinski definition) is 4. The lowest BCUT2D eigenvalue weighted by molar-refractivity contribution is 0.0944. The lowest BCUT2D eigenvalue weighted by Gasteiger charge is -2.06. The molecule has 1 aromatic carbocycles. The first kappa shape index (κ1) is 15.3. The largest absolute Gasteiger partial charge is 0.457 e. The number of nitrogens with one attached hydrogen (secondary N) is 2. The Balaban J connectivity index is 2.01. The van der Waals surface area contributed by atoms with Gasteiger partial charge in [0.25, 0.3) is 11.8 Å². The van der Waals surface area contributed by atoms with E-state index >= 15 is 0 Å². The molecule has 2 amide bonds. The van der Waals surface area contributed by atoms with Crippen LogP contribution in [-0.2, 0) is 0 Å². The van der Waals surface area contributed by atoms with Gasteiger partial charge in [0.2, 0.25) is 0 Å². The summed E-state index contributed by atoms with van der Waals surface area (Å²) in [5.41, 5.74) is 1.40. The molecule has 0 spiro atoms. The minimum absolute atomic E-state index is 0.112. The molecule has 1 heterocycles. The van der Waals surface area contributed by atoms with Gasteiger partial charge in [0.15, 0.2) is 4.67 Å². The van der Waals surface area contributed by atoms with Gasteiger partial charge < -0.3 is 20.2 Å². The molecule has 0 radical (unpaired) electrons. The third kappa shape index (κ3) is 3.93. The highest BCUT2D eigenvalue weighted by molar-refractivity contribution is 9.10. The summed E-state index contributed by atoms with van der Waals surface area (Å²) in [6, 6.07) is 7.98. The molecule has 21 heavy (non-hydrogen) atoms. The number of furan rings is 1. The first-order chi connectivity index (χ1) is 10.1. The Kier molecular flexibility index (Phi) is 5.13. The van der Waals surface area contributed by atoms with Crippen LogP contribution in [0.4, 0.5) is 5.69 Å². The molecule has 7 heteroatoms. The molecule has 0 bridgehead atoms. The highest BCUT2D eigenvalue weighted by Gasteiger charge is 2.13. The van der Waals surface area contributed by atoms with Crippen LogP contribution < -0.4 is 10.6 Å². The van der Waals surface area contributed by atoms with Crippen molar-refractivity contribution in [3.63, 3.8) is 0 Å². The molecule has 0 unspecified atom stereocenters. The van der Waals surface area contributed by atoms with E-state index in [0.29, 0.717) is 21.5 Å². The summed E-state index contributed by atoms with van der Waals surface area (Å²) >= 11 is 3.13. The predicted molar refractivity (Wildman–Crippen MR) is 80.2 cm³/mol. The molecule has 6 nitrogen and oxygen atoms in total. The highest BCUT2D eigenvalue weighted by atomic mass is 79.9. The first-order valence-electron chi connectivity index (χ1n) is 6.15. The van der Waals surface area contributed by atoms with E-state index in [9.17, 15) is 9.59 Å². The molecule has 0 saturated heterocycles. The van der Waals surface area contributed by atoms with Crippen LogP contribution in [0.1, 0.15) is 20.7 Å². The average molecular weight is 353 g/mol. The van der Waals surface area contributed by atoms with Gasteiger partial charge in [0.05, 0.1) is 18.4 Å². The number of benzene rings is 1. The maximum atomic E-state index is 11.9. The van der Waals surface area contributed by atoms with Crippen LogP contribution in [0.2, 0.25) is 0 Å². The normalized spacial score (nSPS) is 10.2. The van der Waals surface area contributed by atoms with Gasteiger partial charge in [-0.05, 0) is 46.3 Å². The summed E-state index contributed by atoms with van der Waals surface area (Å²) in [4.78, 5) is 23.6. The Morgan fingerprint density at radius 3 is 2.43 bits per heavy atom. The number of hydrogen-bond donors (Lipinski definition) is 3. The number of aliphatic hydroxyl groups is 1. The molecular formula is C14H13BrN2O4. The van der Waals surface area contributed by atoms with Crippen LogP contribution in [-0.4, -0.2) is 30.1 Å². The Morgan fingerprint density at radius 1 is 1.14 bits per heavy atom. The van der Waals surface area contributed by atoms with Crippen molar-refractivity contribution in [1.82, 2.24) is 5.32 Å². The molecule has 0 atom stereocenters. The van der Waals surface area contributed by atoms with Crippen molar-refractivity contribution in [2.45, 2.75) is 0 Å². The molecule has 0 aliphatic rings. The van der Waals surface area contributed by atoms with Crippen LogP contribution in [0.5, 0.6) is 0 Å². The highest BCUT2D eigenvalue weighted by Crippen LogP contribution is 2.19. The van der Waals surface area contributed by atoms with E-state index in [-0.39, 0.29) is 25.0 Å². The second kappa shape index (κ2) is 7.05. The summed E-state index contributed by atoms with van der Waals surface area (Å²) in [7, 11) is 0. The maximum absolute atomic E-state index is 11.9. The summed E-state index contributed by atoms with van der Waals surface area (Å²) in [6.07, 6.45) is 1.41. The second-order valence-corrected chi connectivity index (χ2v) is 4.84. The number of aliphatic hydroxyl groups excluding tert-OH is 1. The zero-order valence-corrected chi connectivity index (χ0v) is 12.5. The smallest absolute Gasteiger partial charge is 0.260 e. The summed E-state index contributed by atoms with van der Waals surface area (Å²) in [6.45, 7) is 0.0886. The molecule has 1 aromatic heterocycles. The first-order valence-corrected chi connectivity index (χ1v) is 6.94. The van der Waals surface area contributed by atoms with Gasteiger partial charge in [-0.3, -0.25) is 9.59 Å². The molecular weight excluding hydrogens is 340 g/mol. The van der Waals surface area contributed by atoms with Crippen molar-refractivity contribution in [3.05, 3.63) is 52.4 Å². The Morgan fingerprint density at radius 2 is 1.86 bits per heavy atom. The third-order valence-corrected chi connectivity index (χ3v) is 3.28. The van der Waals surface area contributed by atoms with E-state index in [4.69, 9.17) is 9.52 Å². The standard InChI is InChI=1S/C14H13BrN2O4/c15-12-11(5-8-21-12)14(20)17-10-3-1-9(2-4-10)13(19)16-6-7-18/h1-5,8,18H,6-7H2,(H,16,19)(H,17,20). The molecule has 2 rings (SSSR count). The summed E-state index contributed by atoms with van der Waals surface area (Å²) in [5.74, 6) is -0.590. The van der Waals surface area contributed by atoms with E-state index in [2.05, 4.69) is 26.6 Å². The van der Waals surface area contributed by atoms with Gasteiger partial charge in [0, 0.05) is 17.8 Å². The molecule has 0 aliphatic heterocycles. The fourth-order valence-corrected chi connectivity index (χ4v) is 2.05. The Labute approximate surface area is 129 Å². The van der Waals surface area contributed by atoms with E-state index in [1.807, 2.05) is 0 Å². The maximum Gasteiger partial charge on any atom is 0.260 e. The Hall–Kier alpha value is -2.12. The monoisotopic (exact) mass is 352 g/mol. The number of rotatable bonds is 5. The quantitative estimate of drug-likeness (QED) is 0.767. The van der Waals surface area contributed by atoms with Gasteiger partial charge >= 0.3 is 0 Å². The van der Waals surface area contributed by atoms with Crippen LogP contribution in [0.25, 0.3) is 0 Å².